The van der Waals surface area contributed by atoms with E-state index >= 15 is 0 Å². The fraction of sp³-hybridized carbons (Fsp3) is 0.250. The van der Waals surface area contributed by atoms with Crippen molar-refractivity contribution in [1.29, 1.82) is 0 Å². The first kappa shape index (κ1) is 17.1. The lowest BCUT2D eigenvalue weighted by Crippen LogP contribution is -2.46. The van der Waals surface area contributed by atoms with Crippen molar-refractivity contribution in [2.45, 2.75) is 19.0 Å². The number of halogens is 1. The predicted molar refractivity (Wildman–Crippen MR) is 85.1 cm³/mol. The standard InChI is InChI=1S/C16H17ClN2O4/c1-10(18-16(22)11-4-6-12(17)7-5-11)15(21)19-13(9-20)14-3-2-8-23-14/h2-8,10,13,20H,9H2,1H3,(H,18,22)(H,19,21). The van der Waals surface area contributed by atoms with Crippen LogP contribution in [0.4, 0.5) is 0 Å². The highest BCUT2D eigenvalue weighted by molar-refractivity contribution is 6.30. The number of furan rings is 1. The van der Waals surface area contributed by atoms with Crippen molar-refractivity contribution in [3.05, 3.63) is 59.0 Å². The van der Waals surface area contributed by atoms with Crippen molar-refractivity contribution in [2.75, 3.05) is 6.61 Å². The molecule has 0 aliphatic carbocycles. The van der Waals surface area contributed by atoms with Gasteiger partial charge in [-0.15, -0.1) is 0 Å². The summed E-state index contributed by atoms with van der Waals surface area (Å²) in [7, 11) is 0. The molecule has 2 unspecified atom stereocenters. The zero-order valence-corrected chi connectivity index (χ0v) is 13.2. The molecular formula is C16H17ClN2O4. The number of hydrogen-bond donors (Lipinski definition) is 3. The van der Waals surface area contributed by atoms with E-state index in [1.54, 1.807) is 43.3 Å². The van der Waals surface area contributed by atoms with Crippen molar-refractivity contribution in [3.63, 3.8) is 0 Å². The second kappa shape index (κ2) is 7.80. The molecule has 0 bridgehead atoms. The number of benzene rings is 1. The number of aliphatic hydroxyl groups excluding tert-OH is 1. The number of carbonyl (C=O) groups excluding carboxylic acids is 2. The third kappa shape index (κ3) is 4.58. The van der Waals surface area contributed by atoms with E-state index in [1.807, 2.05) is 0 Å². The van der Waals surface area contributed by atoms with E-state index in [0.29, 0.717) is 16.3 Å². The Balaban J connectivity index is 1.94. The van der Waals surface area contributed by atoms with Gasteiger partial charge in [0.15, 0.2) is 0 Å². The summed E-state index contributed by atoms with van der Waals surface area (Å²) in [6.07, 6.45) is 1.45. The minimum absolute atomic E-state index is 0.308. The smallest absolute Gasteiger partial charge is 0.251 e. The van der Waals surface area contributed by atoms with Crippen LogP contribution in [0.5, 0.6) is 0 Å². The Hall–Kier alpha value is -2.31. The summed E-state index contributed by atoms with van der Waals surface area (Å²) >= 11 is 5.77. The van der Waals surface area contributed by atoms with E-state index in [1.165, 1.54) is 6.26 Å². The van der Waals surface area contributed by atoms with E-state index < -0.39 is 18.0 Å². The van der Waals surface area contributed by atoms with Gasteiger partial charge in [0.1, 0.15) is 17.8 Å². The molecule has 23 heavy (non-hydrogen) atoms. The topological polar surface area (TPSA) is 91.6 Å². The van der Waals surface area contributed by atoms with Crippen molar-refractivity contribution in [3.8, 4) is 0 Å². The summed E-state index contributed by atoms with van der Waals surface area (Å²) < 4.78 is 5.15. The molecule has 7 heteroatoms. The molecule has 2 atom stereocenters. The summed E-state index contributed by atoms with van der Waals surface area (Å²) in [6, 6.07) is 8.21. The van der Waals surface area contributed by atoms with E-state index in [2.05, 4.69) is 10.6 Å². The van der Waals surface area contributed by atoms with Gasteiger partial charge in [-0.05, 0) is 43.3 Å². The van der Waals surface area contributed by atoms with Gasteiger partial charge in [0.05, 0.1) is 12.9 Å². The number of nitrogens with one attached hydrogen (secondary N) is 2. The Kier molecular flexibility index (Phi) is 5.78. The summed E-state index contributed by atoms with van der Waals surface area (Å²) in [5.41, 5.74) is 0.402. The summed E-state index contributed by atoms with van der Waals surface area (Å²) in [5, 5.41) is 15.1. The third-order valence-corrected chi connectivity index (χ3v) is 3.48. The summed E-state index contributed by atoms with van der Waals surface area (Å²) in [4.78, 5) is 24.2. The van der Waals surface area contributed by atoms with Gasteiger partial charge in [-0.2, -0.15) is 0 Å². The molecule has 0 fully saturated rings. The Morgan fingerprint density at radius 1 is 1.22 bits per heavy atom. The number of hydrogen-bond acceptors (Lipinski definition) is 4. The highest BCUT2D eigenvalue weighted by atomic mass is 35.5. The highest BCUT2D eigenvalue weighted by Crippen LogP contribution is 2.13. The lowest BCUT2D eigenvalue weighted by Gasteiger charge is -2.18. The molecule has 0 aliphatic rings. The lowest BCUT2D eigenvalue weighted by molar-refractivity contribution is -0.123. The van der Waals surface area contributed by atoms with E-state index in [0.717, 1.165) is 0 Å². The van der Waals surface area contributed by atoms with Crippen LogP contribution in [0.2, 0.25) is 5.02 Å². The molecule has 1 heterocycles. The maximum absolute atomic E-state index is 12.1. The molecule has 1 aromatic heterocycles. The van der Waals surface area contributed by atoms with Crippen LogP contribution in [-0.2, 0) is 4.79 Å². The normalized spacial score (nSPS) is 13.2. The average Bonchev–Trinajstić information content (AvgIpc) is 3.07. The van der Waals surface area contributed by atoms with Gasteiger partial charge < -0.3 is 20.2 Å². The highest BCUT2D eigenvalue weighted by Gasteiger charge is 2.21. The molecule has 0 saturated carbocycles. The van der Waals surface area contributed by atoms with Crippen LogP contribution >= 0.6 is 11.6 Å². The Labute approximate surface area is 138 Å². The first-order valence-electron chi connectivity index (χ1n) is 7.02. The van der Waals surface area contributed by atoms with Crippen molar-refractivity contribution in [1.82, 2.24) is 10.6 Å². The molecule has 122 valence electrons. The number of amides is 2. The maximum atomic E-state index is 12.1. The van der Waals surface area contributed by atoms with Crippen LogP contribution in [-0.4, -0.2) is 29.6 Å². The molecule has 0 aliphatic heterocycles. The quantitative estimate of drug-likeness (QED) is 0.751. The second-order valence-corrected chi connectivity index (χ2v) is 5.40. The van der Waals surface area contributed by atoms with Gasteiger partial charge >= 0.3 is 0 Å². The first-order valence-corrected chi connectivity index (χ1v) is 7.40. The monoisotopic (exact) mass is 336 g/mol. The first-order chi connectivity index (χ1) is 11.0. The van der Waals surface area contributed by atoms with Gasteiger partial charge in [-0.25, -0.2) is 0 Å². The number of rotatable bonds is 6. The summed E-state index contributed by atoms with van der Waals surface area (Å²) in [6.45, 7) is 1.25. The molecule has 6 nitrogen and oxygen atoms in total. The predicted octanol–water partition coefficient (Wildman–Crippen LogP) is 1.90. The fourth-order valence-corrected chi connectivity index (χ4v) is 2.07. The Morgan fingerprint density at radius 3 is 2.48 bits per heavy atom. The van der Waals surface area contributed by atoms with Crippen LogP contribution in [0.3, 0.4) is 0 Å². The molecule has 0 saturated heterocycles. The molecule has 2 rings (SSSR count). The Bertz CT molecular complexity index is 655. The van der Waals surface area contributed by atoms with Gasteiger partial charge in [0, 0.05) is 10.6 Å². The number of aliphatic hydroxyl groups is 1. The SMILES string of the molecule is CC(NC(=O)c1ccc(Cl)cc1)C(=O)NC(CO)c1ccco1. The minimum Gasteiger partial charge on any atom is -0.467 e. The fourth-order valence-electron chi connectivity index (χ4n) is 1.94. The maximum Gasteiger partial charge on any atom is 0.251 e. The van der Waals surface area contributed by atoms with Crippen LogP contribution < -0.4 is 10.6 Å². The molecule has 2 amide bonds. The molecule has 0 spiro atoms. The van der Waals surface area contributed by atoms with Gasteiger partial charge in [-0.3, -0.25) is 9.59 Å². The molecular weight excluding hydrogens is 320 g/mol. The lowest BCUT2D eigenvalue weighted by atomic mass is 10.2. The van der Waals surface area contributed by atoms with E-state index in [-0.39, 0.29) is 12.5 Å². The van der Waals surface area contributed by atoms with Gasteiger partial charge in [0.2, 0.25) is 5.91 Å². The van der Waals surface area contributed by atoms with Crippen molar-refractivity contribution < 1.29 is 19.1 Å². The van der Waals surface area contributed by atoms with Crippen molar-refractivity contribution in [2.24, 2.45) is 0 Å². The average molecular weight is 337 g/mol. The third-order valence-electron chi connectivity index (χ3n) is 3.23. The molecule has 3 N–H and O–H groups in total. The zero-order valence-electron chi connectivity index (χ0n) is 12.5. The van der Waals surface area contributed by atoms with Crippen LogP contribution in [0.25, 0.3) is 0 Å². The largest absolute Gasteiger partial charge is 0.467 e. The number of carbonyl (C=O) groups is 2. The van der Waals surface area contributed by atoms with E-state index in [4.69, 9.17) is 16.0 Å². The Morgan fingerprint density at radius 2 is 1.91 bits per heavy atom. The molecule has 2 aromatic rings. The van der Waals surface area contributed by atoms with E-state index in [9.17, 15) is 14.7 Å². The van der Waals surface area contributed by atoms with Crippen LogP contribution in [0, 0.1) is 0 Å². The van der Waals surface area contributed by atoms with Crippen LogP contribution in [0.1, 0.15) is 29.1 Å². The van der Waals surface area contributed by atoms with Gasteiger partial charge in [-0.1, -0.05) is 11.6 Å². The second-order valence-electron chi connectivity index (χ2n) is 4.96. The van der Waals surface area contributed by atoms with Gasteiger partial charge in [0.25, 0.3) is 5.91 Å². The van der Waals surface area contributed by atoms with Crippen LogP contribution in [0.15, 0.2) is 47.1 Å². The zero-order chi connectivity index (χ0) is 16.8. The molecule has 1 aromatic carbocycles. The van der Waals surface area contributed by atoms with Crippen molar-refractivity contribution >= 4 is 23.4 Å². The minimum atomic E-state index is -0.776. The molecule has 0 radical (unpaired) electrons. The summed E-state index contributed by atoms with van der Waals surface area (Å²) in [5.74, 6) is -0.372.